The van der Waals surface area contributed by atoms with Crippen molar-refractivity contribution < 1.29 is 21.6 Å². The van der Waals surface area contributed by atoms with Gasteiger partial charge in [-0.25, -0.2) is 8.42 Å². The number of benzene rings is 1. The van der Waals surface area contributed by atoms with Gasteiger partial charge in [0.1, 0.15) is 0 Å². The van der Waals surface area contributed by atoms with E-state index in [4.69, 9.17) is 0 Å². The van der Waals surface area contributed by atoms with Gasteiger partial charge in [0.05, 0.1) is 0 Å². The van der Waals surface area contributed by atoms with Crippen molar-refractivity contribution in [3.8, 4) is 0 Å². The molecule has 1 aliphatic rings. The van der Waals surface area contributed by atoms with Crippen molar-refractivity contribution in [2.24, 2.45) is 4.99 Å². The Morgan fingerprint density at radius 3 is 2.41 bits per heavy atom. The summed E-state index contributed by atoms with van der Waals surface area (Å²) in [5.41, 5.74) is -2.99. The van der Waals surface area contributed by atoms with Crippen LogP contribution in [0, 0.1) is 0 Å². The van der Waals surface area contributed by atoms with Crippen LogP contribution in [0.25, 0.3) is 0 Å². The van der Waals surface area contributed by atoms with Crippen molar-refractivity contribution >= 4 is 16.0 Å². The average molecular weight is 436 g/mol. The summed E-state index contributed by atoms with van der Waals surface area (Å²) in [6, 6.07) is 7.99. The molecule has 0 spiro atoms. The highest BCUT2D eigenvalue weighted by atomic mass is 32.2. The van der Waals surface area contributed by atoms with E-state index in [1.54, 1.807) is 7.05 Å². The predicted octanol–water partition coefficient (Wildman–Crippen LogP) is 1.73. The fraction of sp³-hybridized carbons (Fsp3) is 0.611. The number of sulfonamides is 1. The first-order chi connectivity index (χ1) is 13.5. The molecule has 2 rings (SSSR count). The Hall–Kier alpha value is -1.85. The van der Waals surface area contributed by atoms with Crippen molar-refractivity contribution in [3.63, 3.8) is 0 Å². The van der Waals surface area contributed by atoms with Crippen LogP contribution >= 0.6 is 0 Å². The topological polar surface area (TPSA) is 77.0 Å². The smallest absolute Gasteiger partial charge is 0.354 e. The second kappa shape index (κ2) is 9.77. The van der Waals surface area contributed by atoms with E-state index in [-0.39, 0.29) is 32.0 Å². The Labute approximate surface area is 170 Å². The van der Waals surface area contributed by atoms with E-state index in [0.29, 0.717) is 16.8 Å². The molecule has 1 saturated heterocycles. The van der Waals surface area contributed by atoms with Crippen molar-refractivity contribution in [2.75, 3.05) is 34.2 Å². The minimum atomic E-state index is -5.26. The first-order valence-electron chi connectivity index (χ1n) is 9.29. The van der Waals surface area contributed by atoms with Crippen LogP contribution in [0.15, 0.2) is 29.3 Å². The van der Waals surface area contributed by atoms with E-state index in [9.17, 15) is 21.6 Å². The molecule has 1 aromatic carbocycles. The van der Waals surface area contributed by atoms with E-state index >= 15 is 0 Å². The van der Waals surface area contributed by atoms with Gasteiger partial charge in [-0.15, -0.1) is 0 Å². The first kappa shape index (κ1) is 23.4. The molecular weight excluding hydrogens is 407 g/mol. The maximum absolute atomic E-state index is 12.7. The number of hydrogen-bond donors (Lipinski definition) is 2. The Balaban J connectivity index is 1.86. The third-order valence-corrected chi connectivity index (χ3v) is 6.23. The number of alkyl halides is 3. The molecule has 1 fully saturated rings. The Morgan fingerprint density at radius 2 is 1.86 bits per heavy atom. The molecule has 0 saturated carbocycles. The van der Waals surface area contributed by atoms with Gasteiger partial charge in [-0.1, -0.05) is 24.3 Å². The van der Waals surface area contributed by atoms with Crippen LogP contribution in [0.1, 0.15) is 24.0 Å². The lowest BCUT2D eigenvalue weighted by Crippen LogP contribution is -2.51. The van der Waals surface area contributed by atoms with Crippen LogP contribution in [0.5, 0.6) is 0 Å². The first-order valence-corrected chi connectivity index (χ1v) is 10.7. The third-order valence-electron chi connectivity index (χ3n) is 4.60. The highest BCUT2D eigenvalue weighted by molar-refractivity contribution is 7.90. The maximum Gasteiger partial charge on any atom is 0.511 e. The second-order valence-corrected chi connectivity index (χ2v) is 9.18. The molecule has 1 aliphatic heterocycles. The van der Waals surface area contributed by atoms with Crippen LogP contribution in [0.3, 0.4) is 0 Å². The number of nitrogens with one attached hydrogen (secondary N) is 2. The SMILES string of the molecule is CN=C(NCc1cccc(CN(C)C)c1)NC1CCN(S(=O)(=O)C(F)(F)F)CC1. The Morgan fingerprint density at radius 1 is 1.24 bits per heavy atom. The summed E-state index contributed by atoms with van der Waals surface area (Å²) >= 11 is 0. The molecule has 1 heterocycles. The van der Waals surface area contributed by atoms with E-state index in [2.05, 4.69) is 32.7 Å². The molecule has 29 heavy (non-hydrogen) atoms. The number of hydrogen-bond acceptors (Lipinski definition) is 4. The summed E-state index contributed by atoms with van der Waals surface area (Å²) in [5, 5.41) is 6.35. The van der Waals surface area contributed by atoms with E-state index in [1.807, 2.05) is 26.2 Å². The van der Waals surface area contributed by atoms with Crippen LogP contribution in [0.4, 0.5) is 13.2 Å². The summed E-state index contributed by atoms with van der Waals surface area (Å²) in [5.74, 6) is 0.528. The van der Waals surface area contributed by atoms with Crippen molar-refractivity contribution in [2.45, 2.75) is 37.5 Å². The Bertz CT molecular complexity index is 804. The van der Waals surface area contributed by atoms with Crippen molar-refractivity contribution in [1.29, 1.82) is 0 Å². The van der Waals surface area contributed by atoms with Gasteiger partial charge in [0.25, 0.3) is 0 Å². The monoisotopic (exact) mass is 435 g/mol. The van der Waals surface area contributed by atoms with Gasteiger partial charge in [0.15, 0.2) is 5.96 Å². The minimum absolute atomic E-state index is 0.152. The zero-order chi connectivity index (χ0) is 21.7. The zero-order valence-corrected chi connectivity index (χ0v) is 17.6. The summed E-state index contributed by atoms with van der Waals surface area (Å²) < 4.78 is 61.5. The molecule has 11 heteroatoms. The highest BCUT2D eigenvalue weighted by Crippen LogP contribution is 2.28. The molecule has 0 bridgehead atoms. The zero-order valence-electron chi connectivity index (χ0n) is 16.8. The third kappa shape index (κ3) is 6.58. The molecule has 0 amide bonds. The normalized spacial score (nSPS) is 17.6. The number of aliphatic imine (C=N–C) groups is 1. The summed E-state index contributed by atoms with van der Waals surface area (Å²) in [7, 11) is 0.356. The number of piperidine rings is 1. The number of rotatable bonds is 6. The standard InChI is InChI=1S/C18H28F3N5O2S/c1-22-17(23-12-14-5-4-6-15(11-14)13-25(2)3)24-16-7-9-26(10-8-16)29(27,28)18(19,20)21/h4-6,11,16H,7-10,12-13H2,1-3H3,(H2,22,23,24). The molecular formula is C18H28F3N5O2S. The van der Waals surface area contributed by atoms with Gasteiger partial charge >= 0.3 is 15.5 Å². The minimum Gasteiger partial charge on any atom is -0.354 e. The molecule has 164 valence electrons. The lowest BCUT2D eigenvalue weighted by molar-refractivity contribution is -0.0494. The lowest BCUT2D eigenvalue weighted by atomic mass is 10.1. The average Bonchev–Trinajstić information content (AvgIpc) is 2.64. The summed E-state index contributed by atoms with van der Waals surface area (Å²) in [6.07, 6.45) is 0.544. The lowest BCUT2D eigenvalue weighted by Gasteiger charge is -2.32. The van der Waals surface area contributed by atoms with Gasteiger partial charge in [-0.05, 0) is 38.1 Å². The van der Waals surface area contributed by atoms with Gasteiger partial charge in [-0.2, -0.15) is 17.5 Å². The van der Waals surface area contributed by atoms with Crippen LogP contribution in [0.2, 0.25) is 0 Å². The quantitative estimate of drug-likeness (QED) is 0.526. The molecule has 0 unspecified atom stereocenters. The summed E-state index contributed by atoms with van der Waals surface area (Å²) in [6.45, 7) is 1.02. The molecule has 2 N–H and O–H groups in total. The van der Waals surface area contributed by atoms with Gasteiger partial charge in [-0.3, -0.25) is 4.99 Å². The van der Waals surface area contributed by atoms with Gasteiger partial charge in [0.2, 0.25) is 0 Å². The maximum atomic E-state index is 12.7. The summed E-state index contributed by atoms with van der Waals surface area (Å²) in [4.78, 5) is 6.23. The molecule has 0 atom stereocenters. The number of guanidine groups is 1. The molecule has 0 aromatic heterocycles. The number of nitrogens with zero attached hydrogens (tertiary/aromatic N) is 3. The number of halogens is 3. The largest absolute Gasteiger partial charge is 0.511 e. The van der Waals surface area contributed by atoms with Crippen LogP contribution < -0.4 is 10.6 Å². The van der Waals surface area contributed by atoms with E-state index < -0.39 is 15.5 Å². The van der Waals surface area contributed by atoms with Crippen LogP contribution in [-0.2, 0) is 23.1 Å². The molecule has 7 nitrogen and oxygen atoms in total. The van der Waals surface area contributed by atoms with Gasteiger partial charge < -0.3 is 15.5 Å². The van der Waals surface area contributed by atoms with Gasteiger partial charge in [0, 0.05) is 39.3 Å². The Kier molecular flexibility index (Phi) is 7.89. The van der Waals surface area contributed by atoms with Crippen molar-refractivity contribution in [3.05, 3.63) is 35.4 Å². The van der Waals surface area contributed by atoms with Crippen molar-refractivity contribution in [1.82, 2.24) is 19.8 Å². The molecule has 1 aromatic rings. The fourth-order valence-corrected chi connectivity index (χ4v) is 4.15. The van der Waals surface area contributed by atoms with E-state index in [0.717, 1.165) is 12.1 Å². The highest BCUT2D eigenvalue weighted by Gasteiger charge is 2.50. The van der Waals surface area contributed by atoms with E-state index in [1.165, 1.54) is 5.56 Å². The fourth-order valence-electron chi connectivity index (χ4n) is 3.16. The molecule has 0 radical (unpaired) electrons. The van der Waals surface area contributed by atoms with Crippen LogP contribution in [-0.4, -0.2) is 69.4 Å². The predicted molar refractivity (Wildman–Crippen MR) is 107 cm³/mol. The molecule has 0 aliphatic carbocycles. The second-order valence-electron chi connectivity index (χ2n) is 7.25.